The number of nitrogens with one attached hydrogen (secondary N) is 3. The van der Waals surface area contributed by atoms with Crippen LogP contribution in [-0.4, -0.2) is 158 Å². The van der Waals surface area contributed by atoms with E-state index in [0.29, 0.717) is 5.69 Å². The van der Waals surface area contributed by atoms with Crippen LogP contribution < -0.4 is 39.3 Å². The fraction of sp³-hybridized carbons (Fsp3) is 0.815. The average molecular weight is 676 g/mol. The van der Waals surface area contributed by atoms with E-state index in [1.807, 2.05) is 0 Å². The third-order valence-corrected chi connectivity index (χ3v) is 8.69. The lowest BCUT2D eigenvalue weighted by Gasteiger charge is -2.47. The van der Waals surface area contributed by atoms with Crippen molar-refractivity contribution in [1.82, 2.24) is 20.6 Å². The zero-order chi connectivity index (χ0) is 34.6. The van der Waals surface area contributed by atoms with E-state index in [2.05, 4.69) is 20.6 Å². The molecule has 3 fully saturated rings. The van der Waals surface area contributed by atoms with Crippen LogP contribution in [0.2, 0.25) is 0 Å². The number of hydrogen-bond acceptors (Lipinski definition) is 17. The zero-order valence-corrected chi connectivity index (χ0v) is 25.9. The minimum atomic E-state index is -1.51. The number of aromatic nitrogens is 2. The second-order valence-electron chi connectivity index (χ2n) is 12.4. The van der Waals surface area contributed by atoms with Crippen molar-refractivity contribution in [3.05, 3.63) is 18.2 Å². The number of nitrogens with zero attached hydrogens (tertiary/aromatic N) is 1. The molecule has 2 unspecified atom stereocenters. The smallest absolute Gasteiger partial charge is 0.243 e. The Balaban J connectivity index is 1.39. The van der Waals surface area contributed by atoms with Gasteiger partial charge < -0.3 is 88.8 Å². The van der Waals surface area contributed by atoms with Crippen molar-refractivity contribution in [3.63, 3.8) is 0 Å². The number of aliphatic hydroxyl groups is 5. The molecule has 3 aliphatic rings. The molecule has 20 nitrogen and oxygen atoms in total. The van der Waals surface area contributed by atoms with Crippen molar-refractivity contribution in [2.24, 2.45) is 28.7 Å². The van der Waals surface area contributed by atoms with E-state index in [0.717, 1.165) is 0 Å². The Morgan fingerprint density at radius 1 is 0.957 bits per heavy atom. The highest BCUT2D eigenvalue weighted by atomic mass is 16.7. The van der Waals surface area contributed by atoms with Crippen molar-refractivity contribution in [3.8, 4) is 0 Å². The number of carbonyl (C=O) groups excluding carboxylic acids is 2. The van der Waals surface area contributed by atoms with E-state index in [4.69, 9.17) is 47.6 Å². The summed E-state index contributed by atoms with van der Waals surface area (Å²) < 4.78 is 23.3. The highest BCUT2D eigenvalue weighted by molar-refractivity contribution is 5.89. The number of rotatable bonds is 12. The van der Waals surface area contributed by atoms with Gasteiger partial charge in [-0.25, -0.2) is 4.98 Å². The molecule has 18 N–H and O–H groups in total. The molecule has 0 bridgehead atoms. The van der Waals surface area contributed by atoms with Crippen molar-refractivity contribution < 1.29 is 54.1 Å². The van der Waals surface area contributed by atoms with Crippen LogP contribution in [0.1, 0.15) is 25.5 Å². The van der Waals surface area contributed by atoms with Crippen molar-refractivity contribution in [2.45, 2.75) is 124 Å². The van der Waals surface area contributed by atoms with Gasteiger partial charge in [0.05, 0.1) is 37.2 Å². The van der Waals surface area contributed by atoms with E-state index in [1.165, 1.54) is 19.4 Å². The molecular formula is C27H49N9O11. The third-order valence-electron chi connectivity index (χ3n) is 8.69. The zero-order valence-electron chi connectivity index (χ0n) is 25.9. The van der Waals surface area contributed by atoms with E-state index in [1.54, 1.807) is 0 Å². The van der Waals surface area contributed by atoms with Crippen LogP contribution in [0.5, 0.6) is 0 Å². The summed E-state index contributed by atoms with van der Waals surface area (Å²) in [6, 6.07) is -5.61. The second kappa shape index (κ2) is 16.3. The third kappa shape index (κ3) is 8.99. The highest BCUT2D eigenvalue weighted by Gasteiger charge is 2.50. The van der Waals surface area contributed by atoms with Crippen LogP contribution in [0, 0.1) is 0 Å². The van der Waals surface area contributed by atoms with Gasteiger partial charge >= 0.3 is 0 Å². The van der Waals surface area contributed by atoms with Crippen LogP contribution >= 0.6 is 0 Å². The Hall–Kier alpha value is -2.41. The molecule has 2 amide bonds. The Morgan fingerprint density at radius 2 is 1.60 bits per heavy atom. The molecule has 1 aromatic rings. The lowest BCUT2D eigenvalue weighted by atomic mass is 9.84. The SMILES string of the molecule is CC(N)C(=O)NC(Cc1cnc[nH]1)C(=O)NC[C@H]1O[C@H](O[C@H]2[C@H](O)[C@@H](O[C@H]3O[C@H](CO)[C@@H](O)[C@H](N)[C@H]3O)[C@H](N)C[C@@H]2N)[C@H](N)C[C@@H]1O. The van der Waals surface area contributed by atoms with Gasteiger partial charge in [-0.15, -0.1) is 0 Å². The number of nitrogens with two attached hydrogens (primary N) is 5. The van der Waals surface area contributed by atoms with Gasteiger partial charge in [0, 0.05) is 36.9 Å². The van der Waals surface area contributed by atoms with Crippen LogP contribution in [0.25, 0.3) is 0 Å². The Kier molecular flexibility index (Phi) is 13.0. The molecule has 16 atom stereocenters. The van der Waals surface area contributed by atoms with Gasteiger partial charge in [0.1, 0.15) is 48.8 Å². The first-order chi connectivity index (χ1) is 22.2. The van der Waals surface area contributed by atoms with Gasteiger partial charge in [0.2, 0.25) is 11.8 Å². The van der Waals surface area contributed by atoms with Crippen LogP contribution in [0.3, 0.4) is 0 Å². The van der Waals surface area contributed by atoms with Gasteiger partial charge in [-0.05, 0) is 19.8 Å². The van der Waals surface area contributed by atoms with Crippen LogP contribution in [0.15, 0.2) is 12.5 Å². The summed E-state index contributed by atoms with van der Waals surface area (Å²) in [7, 11) is 0. The van der Waals surface area contributed by atoms with Gasteiger partial charge in [0.25, 0.3) is 0 Å². The van der Waals surface area contributed by atoms with Crippen molar-refractivity contribution >= 4 is 11.8 Å². The van der Waals surface area contributed by atoms with E-state index in [9.17, 15) is 35.1 Å². The van der Waals surface area contributed by atoms with Gasteiger partial charge in [-0.1, -0.05) is 0 Å². The normalized spacial score (nSPS) is 40.7. The van der Waals surface area contributed by atoms with Crippen LogP contribution in [-0.2, 0) is 35.0 Å². The standard InChI is InChI=1S/C27H49N9O11/c1-9(28)24(42)36-14(2-10-5-33-8-35-10)25(43)34-6-16-15(38)4-13(31)26(44-16)46-22-11(29)3-12(30)23(21(22)41)47-27-20(40)18(32)19(39)17(7-37)45-27/h5,8-9,11-23,26-27,37-41H,2-4,6-7,28-32H2,1H3,(H,33,35)(H,34,43)(H,36,42)/t9?,11-,12+,13+,14?,15-,16+,17+,18-,19+,20+,21-,22+,23-,26+,27+/m0/s1. The van der Waals surface area contributed by atoms with E-state index >= 15 is 0 Å². The number of carbonyl (C=O) groups is 2. The number of H-pyrrole nitrogens is 1. The van der Waals surface area contributed by atoms with Gasteiger partial charge in [-0.2, -0.15) is 0 Å². The number of amides is 2. The minimum absolute atomic E-state index is 0.00651. The first-order valence-electron chi connectivity index (χ1n) is 15.5. The predicted molar refractivity (Wildman–Crippen MR) is 160 cm³/mol. The number of aromatic amines is 1. The Bertz CT molecular complexity index is 1150. The van der Waals surface area contributed by atoms with Crippen molar-refractivity contribution in [1.29, 1.82) is 0 Å². The number of aliphatic hydroxyl groups excluding tert-OH is 5. The molecule has 20 heteroatoms. The number of hydrogen-bond donors (Lipinski definition) is 13. The van der Waals surface area contributed by atoms with Crippen LogP contribution in [0.4, 0.5) is 0 Å². The van der Waals surface area contributed by atoms with Gasteiger partial charge in [-0.3, -0.25) is 9.59 Å². The molecule has 268 valence electrons. The predicted octanol–water partition coefficient (Wildman–Crippen LogP) is -7.34. The highest BCUT2D eigenvalue weighted by Crippen LogP contribution is 2.31. The van der Waals surface area contributed by atoms with E-state index < -0.39 is 116 Å². The summed E-state index contributed by atoms with van der Waals surface area (Å²) >= 11 is 0. The molecule has 0 spiro atoms. The molecule has 2 aliphatic heterocycles. The molecule has 1 aromatic heterocycles. The molecule has 1 aliphatic carbocycles. The largest absolute Gasteiger partial charge is 0.394 e. The Labute approximate surface area is 270 Å². The maximum absolute atomic E-state index is 13.1. The number of ether oxygens (including phenoxy) is 4. The topological polar surface area (TPSA) is 355 Å². The Morgan fingerprint density at radius 3 is 2.19 bits per heavy atom. The molecule has 4 rings (SSSR count). The molecule has 0 aromatic carbocycles. The lowest BCUT2D eigenvalue weighted by molar-refractivity contribution is -0.315. The van der Waals surface area contributed by atoms with E-state index in [-0.39, 0.29) is 25.8 Å². The summed E-state index contributed by atoms with van der Waals surface area (Å²) in [4.78, 5) is 32.2. The molecule has 3 heterocycles. The quantitative estimate of drug-likeness (QED) is 0.0978. The maximum atomic E-state index is 13.1. The van der Waals surface area contributed by atoms with Gasteiger partial charge in [0.15, 0.2) is 12.6 Å². The second-order valence-corrected chi connectivity index (χ2v) is 12.4. The fourth-order valence-electron chi connectivity index (χ4n) is 5.85. The maximum Gasteiger partial charge on any atom is 0.243 e. The summed E-state index contributed by atoms with van der Waals surface area (Å²) in [5.41, 5.74) is 30.9. The molecular weight excluding hydrogens is 626 g/mol. The number of imidazole rings is 1. The molecule has 0 radical (unpaired) electrons. The molecule has 47 heavy (non-hydrogen) atoms. The fourth-order valence-corrected chi connectivity index (χ4v) is 5.85. The lowest BCUT2D eigenvalue weighted by Crippen LogP contribution is -2.68. The first kappa shape index (κ1) is 37.4. The first-order valence-corrected chi connectivity index (χ1v) is 15.5. The minimum Gasteiger partial charge on any atom is -0.394 e. The molecule has 2 saturated heterocycles. The monoisotopic (exact) mass is 675 g/mol. The summed E-state index contributed by atoms with van der Waals surface area (Å²) in [6.45, 7) is 0.687. The van der Waals surface area contributed by atoms with Crippen molar-refractivity contribution in [2.75, 3.05) is 13.2 Å². The average Bonchev–Trinajstić information content (AvgIpc) is 3.54. The molecule has 1 saturated carbocycles. The summed E-state index contributed by atoms with van der Waals surface area (Å²) in [6.07, 6.45) is -9.46. The summed E-state index contributed by atoms with van der Waals surface area (Å²) in [5.74, 6) is -1.11. The summed E-state index contributed by atoms with van der Waals surface area (Å²) in [5, 5.41) is 57.5.